The van der Waals surface area contributed by atoms with Crippen LogP contribution in [0.25, 0.3) is 6.08 Å². The van der Waals surface area contributed by atoms with Gasteiger partial charge in [0, 0.05) is 18.7 Å². The zero-order chi connectivity index (χ0) is 16.9. The maximum absolute atomic E-state index is 12.5. The molecule has 1 heterocycles. The number of carbonyl (C=O) groups is 2. The summed E-state index contributed by atoms with van der Waals surface area (Å²) in [6, 6.07) is 14.4. The van der Waals surface area contributed by atoms with Crippen molar-refractivity contribution in [3.8, 4) is 11.5 Å². The lowest BCUT2D eigenvalue weighted by Gasteiger charge is -2.10. The molecule has 2 amide bonds. The van der Waals surface area contributed by atoms with Crippen molar-refractivity contribution in [3.05, 3.63) is 59.8 Å². The molecule has 0 saturated carbocycles. The van der Waals surface area contributed by atoms with E-state index in [0.717, 1.165) is 5.56 Å². The van der Waals surface area contributed by atoms with Crippen molar-refractivity contribution in [3.63, 3.8) is 0 Å². The van der Waals surface area contributed by atoms with Crippen molar-refractivity contribution in [2.75, 3.05) is 12.1 Å². The molecule has 122 valence electrons. The van der Waals surface area contributed by atoms with E-state index >= 15 is 0 Å². The van der Waals surface area contributed by atoms with Gasteiger partial charge in [0.25, 0.3) is 5.91 Å². The molecule has 0 radical (unpaired) electrons. The Bertz CT molecular complexity index is 800. The summed E-state index contributed by atoms with van der Waals surface area (Å²) in [5.41, 5.74) is 1.52. The van der Waals surface area contributed by atoms with Crippen LogP contribution in [0.1, 0.15) is 12.5 Å². The number of carbonyl (C=O) groups excluding carboxylic acids is 2. The summed E-state index contributed by atoms with van der Waals surface area (Å²) in [5.74, 6) is 0.460. The Hall–Kier alpha value is -3.28. The molecule has 3 rings (SSSR count). The molecule has 0 atom stereocenters. The largest absolute Gasteiger partial charge is 0.454 e. The Balaban J connectivity index is 1.81. The smallest absolute Gasteiger partial charge is 0.272 e. The molecule has 0 fully saturated rings. The number of anilines is 1. The van der Waals surface area contributed by atoms with Crippen LogP contribution >= 0.6 is 0 Å². The quantitative estimate of drug-likeness (QED) is 0.847. The van der Waals surface area contributed by atoms with Gasteiger partial charge in [-0.15, -0.1) is 0 Å². The number of rotatable bonds is 4. The van der Waals surface area contributed by atoms with Gasteiger partial charge < -0.3 is 20.1 Å². The monoisotopic (exact) mass is 324 g/mol. The molecule has 0 saturated heterocycles. The van der Waals surface area contributed by atoms with Gasteiger partial charge in [-0.05, 0) is 23.8 Å². The van der Waals surface area contributed by atoms with Crippen LogP contribution in [-0.2, 0) is 9.59 Å². The van der Waals surface area contributed by atoms with Crippen LogP contribution in [0.3, 0.4) is 0 Å². The Morgan fingerprint density at radius 3 is 2.54 bits per heavy atom. The number of ether oxygens (including phenoxy) is 2. The Labute approximate surface area is 139 Å². The van der Waals surface area contributed by atoms with E-state index in [-0.39, 0.29) is 18.4 Å². The number of nitrogens with one attached hydrogen (secondary N) is 2. The first-order valence-electron chi connectivity index (χ1n) is 7.37. The van der Waals surface area contributed by atoms with Crippen molar-refractivity contribution < 1.29 is 19.1 Å². The predicted octanol–water partition coefficient (Wildman–Crippen LogP) is 2.53. The van der Waals surface area contributed by atoms with Crippen LogP contribution in [0.5, 0.6) is 11.5 Å². The van der Waals surface area contributed by atoms with E-state index in [1.165, 1.54) is 6.92 Å². The third-order valence-corrected chi connectivity index (χ3v) is 3.30. The van der Waals surface area contributed by atoms with Crippen molar-refractivity contribution >= 4 is 23.6 Å². The van der Waals surface area contributed by atoms with E-state index in [0.29, 0.717) is 17.2 Å². The summed E-state index contributed by atoms with van der Waals surface area (Å²) in [7, 11) is 0. The summed E-state index contributed by atoms with van der Waals surface area (Å²) >= 11 is 0. The summed E-state index contributed by atoms with van der Waals surface area (Å²) < 4.78 is 10.5. The van der Waals surface area contributed by atoms with Crippen LogP contribution in [-0.4, -0.2) is 18.6 Å². The van der Waals surface area contributed by atoms with E-state index < -0.39 is 5.91 Å². The Kier molecular flexibility index (Phi) is 4.47. The summed E-state index contributed by atoms with van der Waals surface area (Å²) in [6.45, 7) is 1.52. The van der Waals surface area contributed by atoms with Gasteiger partial charge in [-0.1, -0.05) is 30.3 Å². The third kappa shape index (κ3) is 3.73. The molecule has 2 aromatic rings. The molecule has 0 unspecified atom stereocenters. The first-order valence-corrected chi connectivity index (χ1v) is 7.37. The van der Waals surface area contributed by atoms with E-state index in [9.17, 15) is 9.59 Å². The zero-order valence-electron chi connectivity index (χ0n) is 13.0. The van der Waals surface area contributed by atoms with Crippen LogP contribution in [0.4, 0.5) is 5.69 Å². The van der Waals surface area contributed by atoms with Gasteiger partial charge in [-0.2, -0.15) is 0 Å². The molecule has 6 nitrogen and oxygen atoms in total. The van der Waals surface area contributed by atoms with Gasteiger partial charge in [0.15, 0.2) is 11.5 Å². The molecule has 1 aliphatic rings. The second-order valence-electron chi connectivity index (χ2n) is 5.17. The fraction of sp³-hybridized carbons (Fsp3) is 0.111. The summed E-state index contributed by atoms with van der Waals surface area (Å²) in [5, 5.41) is 5.29. The molecular formula is C18H16N2O4. The predicted molar refractivity (Wildman–Crippen MR) is 89.4 cm³/mol. The first-order chi connectivity index (χ1) is 11.6. The number of hydrogen-bond donors (Lipinski definition) is 2. The molecular weight excluding hydrogens is 308 g/mol. The molecule has 24 heavy (non-hydrogen) atoms. The summed E-state index contributed by atoms with van der Waals surface area (Å²) in [4.78, 5) is 23.9. The zero-order valence-corrected chi connectivity index (χ0v) is 13.0. The fourth-order valence-electron chi connectivity index (χ4n) is 2.24. The van der Waals surface area contributed by atoms with Crippen LogP contribution in [0, 0.1) is 0 Å². The van der Waals surface area contributed by atoms with Crippen LogP contribution in [0.2, 0.25) is 0 Å². The molecule has 0 aliphatic carbocycles. The van der Waals surface area contributed by atoms with Gasteiger partial charge in [-0.3, -0.25) is 9.59 Å². The van der Waals surface area contributed by atoms with Crippen molar-refractivity contribution in [1.29, 1.82) is 0 Å². The minimum absolute atomic E-state index is 0.159. The van der Waals surface area contributed by atoms with E-state index in [1.54, 1.807) is 24.3 Å². The van der Waals surface area contributed by atoms with Gasteiger partial charge in [0.05, 0.1) is 0 Å². The second-order valence-corrected chi connectivity index (χ2v) is 5.17. The van der Waals surface area contributed by atoms with Gasteiger partial charge in [-0.25, -0.2) is 0 Å². The lowest BCUT2D eigenvalue weighted by atomic mass is 10.2. The molecule has 2 aromatic carbocycles. The normalized spacial score (nSPS) is 12.6. The number of amides is 2. The van der Waals surface area contributed by atoms with E-state index in [2.05, 4.69) is 10.6 Å². The minimum Gasteiger partial charge on any atom is -0.454 e. The van der Waals surface area contributed by atoms with Crippen LogP contribution in [0.15, 0.2) is 54.2 Å². The standard InChI is InChI=1S/C18H16N2O4/c1-12(21)19-15(9-13-5-3-2-4-6-13)18(22)20-14-7-8-16-17(10-14)24-11-23-16/h2-10H,11H2,1H3,(H,19,21)(H,20,22)/b15-9-. The minimum atomic E-state index is -0.423. The number of fused-ring (bicyclic) bond motifs is 1. The van der Waals surface area contributed by atoms with Crippen LogP contribution < -0.4 is 20.1 Å². The van der Waals surface area contributed by atoms with Gasteiger partial charge >= 0.3 is 0 Å². The Morgan fingerprint density at radius 2 is 1.79 bits per heavy atom. The third-order valence-electron chi connectivity index (χ3n) is 3.30. The average molecular weight is 324 g/mol. The van der Waals surface area contributed by atoms with Crippen molar-refractivity contribution in [1.82, 2.24) is 5.32 Å². The van der Waals surface area contributed by atoms with E-state index in [1.807, 2.05) is 30.3 Å². The highest BCUT2D eigenvalue weighted by atomic mass is 16.7. The molecule has 0 aromatic heterocycles. The molecule has 2 N–H and O–H groups in total. The number of benzene rings is 2. The molecule has 1 aliphatic heterocycles. The van der Waals surface area contributed by atoms with Gasteiger partial charge in [0.2, 0.25) is 12.7 Å². The SMILES string of the molecule is CC(=O)N/C(=C\c1ccccc1)C(=O)Nc1ccc2c(c1)OCO2. The lowest BCUT2D eigenvalue weighted by molar-refractivity contribution is -0.120. The van der Waals surface area contributed by atoms with Crippen molar-refractivity contribution in [2.45, 2.75) is 6.92 Å². The second kappa shape index (κ2) is 6.87. The fourth-order valence-corrected chi connectivity index (χ4v) is 2.24. The molecule has 6 heteroatoms. The number of hydrogen-bond acceptors (Lipinski definition) is 4. The first kappa shape index (κ1) is 15.6. The summed E-state index contributed by atoms with van der Waals surface area (Å²) in [6.07, 6.45) is 1.61. The van der Waals surface area contributed by atoms with E-state index in [4.69, 9.17) is 9.47 Å². The van der Waals surface area contributed by atoms with Gasteiger partial charge in [0.1, 0.15) is 5.70 Å². The highest BCUT2D eigenvalue weighted by Gasteiger charge is 2.16. The highest BCUT2D eigenvalue weighted by Crippen LogP contribution is 2.34. The van der Waals surface area contributed by atoms with Crippen molar-refractivity contribution in [2.24, 2.45) is 0 Å². The molecule has 0 bridgehead atoms. The average Bonchev–Trinajstić information content (AvgIpc) is 3.02. The topological polar surface area (TPSA) is 76.7 Å². The maximum atomic E-state index is 12.5. The maximum Gasteiger partial charge on any atom is 0.272 e. The Morgan fingerprint density at radius 1 is 1.04 bits per heavy atom. The lowest BCUT2D eigenvalue weighted by Crippen LogP contribution is -2.28. The molecule has 0 spiro atoms. The highest BCUT2D eigenvalue weighted by molar-refractivity contribution is 6.08.